The molecule has 0 saturated heterocycles. The van der Waals surface area contributed by atoms with Crippen LogP contribution in [0.5, 0.6) is 5.75 Å². The molecule has 0 aromatic heterocycles. The molecule has 0 aliphatic carbocycles. The number of thioether (sulfide) groups is 2. The zero-order chi connectivity index (χ0) is 15.4. The molecule has 0 radical (unpaired) electrons. The summed E-state index contributed by atoms with van der Waals surface area (Å²) in [6.45, 7) is 3.36. The predicted molar refractivity (Wildman–Crippen MR) is 91.6 cm³/mol. The molecule has 0 N–H and O–H groups in total. The molecule has 7 heteroatoms. The van der Waals surface area contributed by atoms with Crippen molar-refractivity contribution >= 4 is 61.0 Å². The van der Waals surface area contributed by atoms with E-state index < -0.39 is 0 Å². The Kier molecular flexibility index (Phi) is 5.66. The van der Waals surface area contributed by atoms with Gasteiger partial charge < -0.3 is 4.74 Å². The highest BCUT2D eigenvalue weighted by Crippen LogP contribution is 2.32. The Bertz CT molecular complexity index is 656. The summed E-state index contributed by atoms with van der Waals surface area (Å²) in [5, 5.41) is -0.0499. The fraction of sp³-hybridized carbons (Fsp3) is 0.214. The highest BCUT2D eigenvalue weighted by Gasteiger charge is 2.21. The maximum absolute atomic E-state index is 11.8. The Balaban J connectivity index is 2.23. The van der Waals surface area contributed by atoms with Gasteiger partial charge in [0.2, 0.25) is 5.12 Å². The molecule has 0 spiro atoms. The number of benzene rings is 1. The topological polar surface area (TPSA) is 55.7 Å². The fourth-order valence-electron chi connectivity index (χ4n) is 1.58. The van der Waals surface area contributed by atoms with Gasteiger partial charge in [-0.1, -0.05) is 24.8 Å². The summed E-state index contributed by atoms with van der Waals surface area (Å²) in [6.07, 6.45) is 1.72. The van der Waals surface area contributed by atoms with Crippen molar-refractivity contribution < 1.29 is 14.3 Å². The number of carbonyl (C=O) groups is 2. The monoisotopic (exact) mass is 385 g/mol. The van der Waals surface area contributed by atoms with Crippen molar-refractivity contribution in [3.8, 4) is 5.75 Å². The Labute approximate surface area is 139 Å². The summed E-state index contributed by atoms with van der Waals surface area (Å²) in [6, 6.07) is 5.23. The zero-order valence-electron chi connectivity index (χ0n) is 11.4. The fourth-order valence-corrected chi connectivity index (χ4v) is 3.79. The molecular formula is C14H12BrNO3S2. The van der Waals surface area contributed by atoms with E-state index in [-0.39, 0.29) is 11.1 Å². The maximum Gasteiger partial charge on any atom is 0.308 e. The van der Waals surface area contributed by atoms with Crippen molar-refractivity contribution in [3.05, 3.63) is 33.9 Å². The molecule has 0 atom stereocenters. The Morgan fingerprint density at radius 1 is 1.52 bits per heavy atom. The molecule has 0 saturated carbocycles. The molecule has 0 amide bonds. The molecule has 110 valence electrons. The second-order valence-corrected chi connectivity index (χ2v) is 7.34. The van der Waals surface area contributed by atoms with Gasteiger partial charge in [-0.05, 0) is 57.2 Å². The smallest absolute Gasteiger partial charge is 0.308 e. The maximum atomic E-state index is 11.8. The largest absolute Gasteiger partial charge is 0.426 e. The van der Waals surface area contributed by atoms with Crippen LogP contribution in [0.2, 0.25) is 0 Å². The SMILES string of the molecule is CCSC1=NC(=Cc2ccc(OC(C)=O)c(Br)c2)C(=O)S1. The number of rotatable bonds is 3. The molecule has 21 heavy (non-hydrogen) atoms. The molecule has 1 aliphatic heterocycles. The van der Waals surface area contributed by atoms with Crippen LogP contribution in [0.3, 0.4) is 0 Å². The Morgan fingerprint density at radius 3 is 2.90 bits per heavy atom. The zero-order valence-corrected chi connectivity index (χ0v) is 14.6. The van der Waals surface area contributed by atoms with Crippen molar-refractivity contribution in [1.82, 2.24) is 0 Å². The van der Waals surface area contributed by atoms with E-state index in [1.54, 1.807) is 36.0 Å². The minimum Gasteiger partial charge on any atom is -0.426 e. The lowest BCUT2D eigenvalue weighted by Gasteiger charge is -2.04. The van der Waals surface area contributed by atoms with Crippen LogP contribution in [0.4, 0.5) is 0 Å². The first-order valence-electron chi connectivity index (χ1n) is 6.13. The van der Waals surface area contributed by atoms with Gasteiger partial charge in [-0.2, -0.15) is 0 Å². The van der Waals surface area contributed by atoms with Gasteiger partial charge >= 0.3 is 5.97 Å². The van der Waals surface area contributed by atoms with E-state index >= 15 is 0 Å². The first-order valence-corrected chi connectivity index (χ1v) is 8.72. The van der Waals surface area contributed by atoms with Crippen molar-refractivity contribution in [2.45, 2.75) is 13.8 Å². The van der Waals surface area contributed by atoms with Crippen molar-refractivity contribution in [3.63, 3.8) is 0 Å². The lowest BCUT2D eigenvalue weighted by atomic mass is 10.2. The van der Waals surface area contributed by atoms with Crippen LogP contribution in [0, 0.1) is 0 Å². The number of nitrogens with zero attached hydrogens (tertiary/aromatic N) is 1. The molecule has 0 bridgehead atoms. The average Bonchev–Trinajstić information content (AvgIpc) is 2.73. The predicted octanol–water partition coefficient (Wildman–Crippen LogP) is 4.10. The van der Waals surface area contributed by atoms with Crippen LogP contribution in [0.1, 0.15) is 19.4 Å². The van der Waals surface area contributed by atoms with E-state index in [1.165, 1.54) is 6.92 Å². The lowest BCUT2D eigenvalue weighted by molar-refractivity contribution is -0.131. The normalized spacial score (nSPS) is 16.2. The molecule has 0 fully saturated rings. The third-order valence-corrected chi connectivity index (χ3v) is 4.89. The molecule has 4 nitrogen and oxygen atoms in total. The number of carbonyl (C=O) groups excluding carboxylic acids is 2. The summed E-state index contributed by atoms with van der Waals surface area (Å²) in [4.78, 5) is 27.1. The number of hydrogen-bond acceptors (Lipinski definition) is 6. The van der Waals surface area contributed by atoms with Gasteiger partial charge in [0.1, 0.15) is 15.8 Å². The number of ether oxygens (including phenoxy) is 1. The van der Waals surface area contributed by atoms with Crippen LogP contribution >= 0.6 is 39.5 Å². The number of aliphatic imine (C=N–C) groups is 1. The summed E-state index contributed by atoms with van der Waals surface area (Å²) in [7, 11) is 0. The molecule has 0 unspecified atom stereocenters. The van der Waals surface area contributed by atoms with Gasteiger partial charge in [0.25, 0.3) is 0 Å². The van der Waals surface area contributed by atoms with Gasteiger partial charge in [0.15, 0.2) is 0 Å². The van der Waals surface area contributed by atoms with E-state index in [4.69, 9.17) is 4.74 Å². The molecule has 2 rings (SSSR count). The van der Waals surface area contributed by atoms with Crippen LogP contribution in [-0.4, -0.2) is 21.2 Å². The molecular weight excluding hydrogens is 374 g/mol. The second kappa shape index (κ2) is 7.29. The lowest BCUT2D eigenvalue weighted by Crippen LogP contribution is -2.01. The average molecular weight is 386 g/mol. The molecule has 1 aliphatic rings. The first kappa shape index (κ1) is 16.3. The van der Waals surface area contributed by atoms with Gasteiger partial charge in [0, 0.05) is 6.92 Å². The minimum absolute atomic E-state index is 0.0499. The van der Waals surface area contributed by atoms with Crippen molar-refractivity contribution in [2.75, 3.05) is 5.75 Å². The summed E-state index contributed by atoms with van der Waals surface area (Å²) in [5.74, 6) is 0.951. The quantitative estimate of drug-likeness (QED) is 0.445. The van der Waals surface area contributed by atoms with Crippen LogP contribution in [0.15, 0.2) is 33.4 Å². The standard InChI is InChI=1S/C14H12BrNO3S2/c1-3-20-14-16-11(13(18)21-14)7-9-4-5-12(10(15)6-9)19-8(2)17/h4-7H,3H2,1-2H3. The van der Waals surface area contributed by atoms with Gasteiger partial charge in [0.05, 0.1) is 4.47 Å². The van der Waals surface area contributed by atoms with E-state index in [2.05, 4.69) is 20.9 Å². The summed E-state index contributed by atoms with van der Waals surface area (Å²) in [5.41, 5.74) is 1.25. The van der Waals surface area contributed by atoms with E-state index in [0.717, 1.165) is 27.5 Å². The van der Waals surface area contributed by atoms with E-state index in [9.17, 15) is 9.59 Å². The van der Waals surface area contributed by atoms with Crippen molar-refractivity contribution in [2.24, 2.45) is 4.99 Å². The van der Waals surface area contributed by atoms with Gasteiger partial charge in [-0.25, -0.2) is 4.99 Å². The van der Waals surface area contributed by atoms with Gasteiger partial charge in [-0.15, -0.1) is 0 Å². The van der Waals surface area contributed by atoms with Crippen molar-refractivity contribution in [1.29, 1.82) is 0 Å². The third-order valence-electron chi connectivity index (χ3n) is 2.38. The third kappa shape index (κ3) is 4.46. The van der Waals surface area contributed by atoms with E-state index in [0.29, 0.717) is 15.9 Å². The van der Waals surface area contributed by atoms with E-state index in [1.807, 2.05) is 6.92 Å². The first-order chi connectivity index (χ1) is 9.99. The Morgan fingerprint density at radius 2 is 2.29 bits per heavy atom. The summed E-state index contributed by atoms with van der Waals surface area (Å²) < 4.78 is 6.46. The van der Waals surface area contributed by atoms with Crippen LogP contribution in [0.25, 0.3) is 6.08 Å². The number of hydrogen-bond donors (Lipinski definition) is 0. The highest BCUT2D eigenvalue weighted by atomic mass is 79.9. The van der Waals surface area contributed by atoms with Crippen LogP contribution in [-0.2, 0) is 9.59 Å². The summed E-state index contributed by atoms with van der Waals surface area (Å²) >= 11 is 6.05. The second-order valence-electron chi connectivity index (χ2n) is 4.01. The van der Waals surface area contributed by atoms with Gasteiger partial charge in [-0.3, -0.25) is 9.59 Å². The number of halogens is 1. The minimum atomic E-state index is -0.380. The molecule has 1 heterocycles. The Hall–Kier alpha value is -1.05. The highest BCUT2D eigenvalue weighted by molar-refractivity contribution is 9.10. The number of esters is 1. The van der Waals surface area contributed by atoms with Crippen LogP contribution < -0.4 is 4.74 Å². The molecule has 1 aromatic carbocycles. The molecule has 1 aromatic rings.